The summed E-state index contributed by atoms with van der Waals surface area (Å²) in [4.78, 5) is 0. The second-order valence-corrected chi connectivity index (χ2v) is 4.15. The second-order valence-electron chi connectivity index (χ2n) is 4.15. The molecule has 0 aromatic heterocycles. The van der Waals surface area contributed by atoms with Crippen LogP contribution in [0.25, 0.3) is 0 Å². The summed E-state index contributed by atoms with van der Waals surface area (Å²) < 4.78 is 16.6. The van der Waals surface area contributed by atoms with Crippen LogP contribution in [0.1, 0.15) is 32.3 Å². The van der Waals surface area contributed by atoms with Crippen molar-refractivity contribution in [3.05, 3.63) is 23.8 Å². The lowest BCUT2D eigenvalue weighted by molar-refractivity contribution is 0.0957. The Labute approximate surface area is 115 Å². The number of hydrogen-bond acceptors (Lipinski definition) is 4. The molecule has 0 spiro atoms. The number of rotatable bonds is 10. The summed E-state index contributed by atoms with van der Waals surface area (Å²) in [6.45, 7) is 6.33. The van der Waals surface area contributed by atoms with Crippen LogP contribution < -0.4 is 9.47 Å². The molecule has 1 N–H and O–H groups in total. The van der Waals surface area contributed by atoms with E-state index in [1.807, 2.05) is 25.1 Å². The molecule has 0 heterocycles. The van der Waals surface area contributed by atoms with Crippen LogP contribution >= 0.6 is 0 Å². The normalized spacial score (nSPS) is 10.5. The molecule has 0 radical (unpaired) electrons. The van der Waals surface area contributed by atoms with Gasteiger partial charge >= 0.3 is 0 Å². The van der Waals surface area contributed by atoms with Gasteiger partial charge in [-0.25, -0.2) is 0 Å². The highest BCUT2D eigenvalue weighted by atomic mass is 16.5. The number of aliphatic hydroxyl groups is 1. The van der Waals surface area contributed by atoms with E-state index in [0.29, 0.717) is 31.3 Å². The Balaban J connectivity index is 2.50. The molecule has 4 nitrogen and oxygen atoms in total. The average molecular weight is 268 g/mol. The molecule has 0 saturated heterocycles. The zero-order chi connectivity index (χ0) is 13.9. The van der Waals surface area contributed by atoms with Crippen molar-refractivity contribution in [1.29, 1.82) is 0 Å². The Bertz CT molecular complexity index is 352. The maximum atomic E-state index is 9.32. The zero-order valence-electron chi connectivity index (χ0n) is 11.9. The van der Waals surface area contributed by atoms with E-state index in [9.17, 15) is 5.11 Å². The minimum Gasteiger partial charge on any atom is -0.490 e. The fraction of sp³-hybridized carbons (Fsp3) is 0.600. The monoisotopic (exact) mass is 268 g/mol. The van der Waals surface area contributed by atoms with Gasteiger partial charge in [0.25, 0.3) is 0 Å². The molecule has 0 aliphatic rings. The maximum absolute atomic E-state index is 9.32. The summed E-state index contributed by atoms with van der Waals surface area (Å²) in [6.07, 6.45) is 2.19. The lowest BCUT2D eigenvalue weighted by Gasteiger charge is -2.15. The van der Waals surface area contributed by atoms with Crippen molar-refractivity contribution in [2.24, 2.45) is 0 Å². The van der Waals surface area contributed by atoms with Crippen LogP contribution in [-0.2, 0) is 11.3 Å². The standard InChI is InChI=1S/C15H24O4/c1-3-5-9-17-10-11-19-15-13(12-16)7-6-8-14(15)18-4-2/h6-8,16H,3-5,9-12H2,1-2H3. The van der Waals surface area contributed by atoms with Gasteiger partial charge in [-0.3, -0.25) is 0 Å². The number of hydrogen-bond donors (Lipinski definition) is 1. The van der Waals surface area contributed by atoms with Crippen LogP contribution in [0, 0.1) is 0 Å². The second kappa shape index (κ2) is 9.64. The molecule has 0 atom stereocenters. The van der Waals surface area contributed by atoms with Crippen LogP contribution in [0.4, 0.5) is 0 Å². The van der Waals surface area contributed by atoms with Gasteiger partial charge in [0.15, 0.2) is 11.5 Å². The third-order valence-electron chi connectivity index (χ3n) is 2.65. The molecule has 0 aliphatic heterocycles. The molecular weight excluding hydrogens is 244 g/mol. The van der Waals surface area contributed by atoms with Gasteiger partial charge in [0, 0.05) is 12.2 Å². The summed E-state index contributed by atoms with van der Waals surface area (Å²) >= 11 is 0. The van der Waals surface area contributed by atoms with Crippen molar-refractivity contribution in [3.63, 3.8) is 0 Å². The van der Waals surface area contributed by atoms with E-state index < -0.39 is 0 Å². The summed E-state index contributed by atoms with van der Waals surface area (Å²) in [5.41, 5.74) is 0.736. The van der Waals surface area contributed by atoms with Gasteiger partial charge in [-0.1, -0.05) is 25.5 Å². The molecule has 0 unspecified atom stereocenters. The van der Waals surface area contributed by atoms with Gasteiger partial charge in [0.1, 0.15) is 6.61 Å². The molecular formula is C15H24O4. The van der Waals surface area contributed by atoms with Gasteiger partial charge in [-0.05, 0) is 19.4 Å². The Morgan fingerprint density at radius 1 is 1.05 bits per heavy atom. The van der Waals surface area contributed by atoms with Crippen molar-refractivity contribution in [1.82, 2.24) is 0 Å². The van der Waals surface area contributed by atoms with Crippen LogP contribution in [0.3, 0.4) is 0 Å². The zero-order valence-corrected chi connectivity index (χ0v) is 11.9. The molecule has 108 valence electrons. The van der Waals surface area contributed by atoms with Gasteiger partial charge < -0.3 is 19.3 Å². The predicted octanol–water partition coefficient (Wildman–Crippen LogP) is 2.77. The molecule has 0 aliphatic carbocycles. The first-order valence-corrected chi connectivity index (χ1v) is 6.89. The molecule has 0 fully saturated rings. The van der Waals surface area contributed by atoms with E-state index >= 15 is 0 Å². The molecule has 0 saturated carbocycles. The lowest BCUT2D eigenvalue weighted by Crippen LogP contribution is -2.10. The molecule has 0 amide bonds. The first-order chi connectivity index (χ1) is 9.33. The van der Waals surface area contributed by atoms with Gasteiger partial charge in [0.05, 0.1) is 19.8 Å². The predicted molar refractivity (Wildman–Crippen MR) is 74.8 cm³/mol. The third-order valence-corrected chi connectivity index (χ3v) is 2.65. The Hall–Kier alpha value is -1.26. The average Bonchev–Trinajstić information content (AvgIpc) is 2.44. The third kappa shape index (κ3) is 5.49. The van der Waals surface area contributed by atoms with Crippen LogP contribution in [0.2, 0.25) is 0 Å². The number of para-hydroxylation sites is 1. The topological polar surface area (TPSA) is 47.9 Å². The minimum absolute atomic E-state index is 0.0626. The fourth-order valence-electron chi connectivity index (χ4n) is 1.67. The van der Waals surface area contributed by atoms with E-state index in [-0.39, 0.29) is 6.61 Å². The van der Waals surface area contributed by atoms with Gasteiger partial charge in [-0.15, -0.1) is 0 Å². The number of aliphatic hydroxyl groups excluding tert-OH is 1. The largest absolute Gasteiger partial charge is 0.490 e. The van der Waals surface area contributed by atoms with Gasteiger partial charge in [-0.2, -0.15) is 0 Å². The number of benzene rings is 1. The highest BCUT2D eigenvalue weighted by Crippen LogP contribution is 2.31. The lowest BCUT2D eigenvalue weighted by atomic mass is 10.2. The van der Waals surface area contributed by atoms with E-state index in [0.717, 1.165) is 25.0 Å². The Morgan fingerprint density at radius 2 is 1.89 bits per heavy atom. The Kier molecular flexibility index (Phi) is 8.02. The minimum atomic E-state index is -0.0626. The van der Waals surface area contributed by atoms with Crippen molar-refractivity contribution >= 4 is 0 Å². The maximum Gasteiger partial charge on any atom is 0.166 e. The van der Waals surface area contributed by atoms with Crippen molar-refractivity contribution < 1.29 is 19.3 Å². The quantitative estimate of drug-likeness (QED) is 0.663. The van der Waals surface area contributed by atoms with Crippen LogP contribution in [0.5, 0.6) is 11.5 Å². The van der Waals surface area contributed by atoms with E-state index in [1.54, 1.807) is 0 Å². The molecule has 1 aromatic rings. The summed E-state index contributed by atoms with van der Waals surface area (Å²) in [5.74, 6) is 1.29. The van der Waals surface area contributed by atoms with Gasteiger partial charge in [0.2, 0.25) is 0 Å². The summed E-state index contributed by atoms with van der Waals surface area (Å²) in [5, 5.41) is 9.32. The molecule has 0 bridgehead atoms. The van der Waals surface area contributed by atoms with Crippen molar-refractivity contribution in [2.75, 3.05) is 26.4 Å². The summed E-state index contributed by atoms with van der Waals surface area (Å²) in [7, 11) is 0. The fourth-order valence-corrected chi connectivity index (χ4v) is 1.67. The first kappa shape index (κ1) is 15.8. The molecule has 19 heavy (non-hydrogen) atoms. The molecule has 4 heteroatoms. The van der Waals surface area contributed by atoms with Crippen molar-refractivity contribution in [2.45, 2.75) is 33.3 Å². The van der Waals surface area contributed by atoms with Crippen LogP contribution in [0.15, 0.2) is 18.2 Å². The van der Waals surface area contributed by atoms with Crippen molar-refractivity contribution in [3.8, 4) is 11.5 Å². The number of unbranched alkanes of at least 4 members (excludes halogenated alkanes) is 1. The Morgan fingerprint density at radius 3 is 2.58 bits per heavy atom. The SMILES string of the molecule is CCCCOCCOc1c(CO)cccc1OCC. The van der Waals surface area contributed by atoms with Crippen LogP contribution in [-0.4, -0.2) is 31.5 Å². The highest BCUT2D eigenvalue weighted by Gasteiger charge is 2.10. The molecule has 1 aromatic carbocycles. The summed E-state index contributed by atoms with van der Waals surface area (Å²) in [6, 6.07) is 5.52. The highest BCUT2D eigenvalue weighted by molar-refractivity contribution is 5.46. The molecule has 1 rings (SSSR count). The van der Waals surface area contributed by atoms with E-state index in [2.05, 4.69) is 6.92 Å². The smallest absolute Gasteiger partial charge is 0.166 e. The first-order valence-electron chi connectivity index (χ1n) is 6.89. The van der Waals surface area contributed by atoms with E-state index in [1.165, 1.54) is 0 Å². The van der Waals surface area contributed by atoms with E-state index in [4.69, 9.17) is 14.2 Å². The number of ether oxygens (including phenoxy) is 3.